The maximum absolute atomic E-state index is 12.2. The number of esters is 3. The van der Waals surface area contributed by atoms with Gasteiger partial charge in [-0.05, 0) is 29.9 Å². The second-order valence-electron chi connectivity index (χ2n) is 6.81. The molecule has 0 bridgehead atoms. The number of fused-ring (bicyclic) bond motifs is 3. The van der Waals surface area contributed by atoms with Crippen LogP contribution in [0.1, 0.15) is 33.1 Å². The molecule has 3 aliphatic rings. The molecule has 5 atom stereocenters. The van der Waals surface area contributed by atoms with Crippen molar-refractivity contribution in [2.45, 2.75) is 51.4 Å². The Morgan fingerprint density at radius 2 is 2.04 bits per heavy atom. The van der Waals surface area contributed by atoms with E-state index < -0.39 is 36.2 Å². The molecule has 0 aromatic carbocycles. The summed E-state index contributed by atoms with van der Waals surface area (Å²) >= 11 is 0. The van der Waals surface area contributed by atoms with E-state index in [4.69, 9.17) is 14.2 Å². The van der Waals surface area contributed by atoms with Gasteiger partial charge < -0.3 is 19.3 Å². The second kappa shape index (κ2) is 6.63. The van der Waals surface area contributed by atoms with Crippen molar-refractivity contribution in [1.82, 2.24) is 0 Å². The van der Waals surface area contributed by atoms with Crippen molar-refractivity contribution in [3.05, 3.63) is 23.3 Å². The minimum Gasteiger partial charge on any atom is -0.461 e. The summed E-state index contributed by atoms with van der Waals surface area (Å²) in [6, 6.07) is 0. The number of aliphatic hydroxyl groups is 1. The number of rotatable bonds is 3. The summed E-state index contributed by atoms with van der Waals surface area (Å²) < 4.78 is 15.8. The van der Waals surface area contributed by atoms with Crippen molar-refractivity contribution in [2.75, 3.05) is 6.61 Å². The number of carbonyl (C=O) groups excluding carboxylic acids is 3. The summed E-state index contributed by atoms with van der Waals surface area (Å²) in [5, 5.41) is 10.5. The fourth-order valence-corrected chi connectivity index (χ4v) is 4.18. The van der Waals surface area contributed by atoms with Gasteiger partial charge in [0.05, 0.1) is 11.7 Å². The Labute approximate surface area is 145 Å². The first-order valence-electron chi connectivity index (χ1n) is 8.39. The standard InChI is InChI=1S/C18H22O7/c1-8-15(24-10(3)20)6-14(21)12-5-4-11-13(7-23-9(2)19)18(22)25-17(11)16(8)12/h12,14-17,21H,1,4-7H2,2-3H3/t12?,14-,15+,16+,17+/m1/s1. The highest BCUT2D eigenvalue weighted by molar-refractivity contribution is 5.93. The van der Waals surface area contributed by atoms with Crippen molar-refractivity contribution in [2.24, 2.45) is 11.8 Å². The van der Waals surface area contributed by atoms with E-state index in [0.29, 0.717) is 30.4 Å². The molecular weight excluding hydrogens is 328 g/mol. The summed E-state index contributed by atoms with van der Waals surface area (Å²) in [4.78, 5) is 34.6. The monoisotopic (exact) mass is 350 g/mol. The summed E-state index contributed by atoms with van der Waals surface area (Å²) in [6.07, 6.45) is -0.223. The molecule has 0 radical (unpaired) electrons. The fraction of sp³-hybridized carbons (Fsp3) is 0.611. The maximum Gasteiger partial charge on any atom is 0.338 e. The maximum atomic E-state index is 12.2. The first-order valence-corrected chi connectivity index (χ1v) is 8.39. The van der Waals surface area contributed by atoms with E-state index in [1.807, 2.05) is 0 Å². The lowest BCUT2D eigenvalue weighted by molar-refractivity contribution is -0.154. The lowest BCUT2D eigenvalue weighted by Gasteiger charge is -2.46. The van der Waals surface area contributed by atoms with Crippen LogP contribution in [0.15, 0.2) is 23.3 Å². The number of carbonyl (C=O) groups is 3. The minimum absolute atomic E-state index is 0.103. The molecule has 7 nitrogen and oxygen atoms in total. The molecule has 2 fully saturated rings. The van der Waals surface area contributed by atoms with Crippen LogP contribution in [0.4, 0.5) is 0 Å². The van der Waals surface area contributed by atoms with Crippen molar-refractivity contribution >= 4 is 17.9 Å². The third kappa shape index (κ3) is 3.20. The van der Waals surface area contributed by atoms with Crippen LogP contribution < -0.4 is 0 Å². The Morgan fingerprint density at radius 1 is 1.32 bits per heavy atom. The molecule has 0 saturated heterocycles. The molecule has 3 rings (SSSR count). The van der Waals surface area contributed by atoms with Gasteiger partial charge in [0.1, 0.15) is 18.8 Å². The van der Waals surface area contributed by atoms with Crippen LogP contribution in [0.2, 0.25) is 0 Å². The summed E-state index contributed by atoms with van der Waals surface area (Å²) in [6.45, 7) is 6.54. The average molecular weight is 350 g/mol. The molecule has 25 heavy (non-hydrogen) atoms. The lowest BCUT2D eigenvalue weighted by Crippen LogP contribution is -2.49. The van der Waals surface area contributed by atoms with Crippen LogP contribution in [-0.4, -0.2) is 47.9 Å². The number of hydrogen-bond donors (Lipinski definition) is 1. The molecule has 0 spiro atoms. The topological polar surface area (TPSA) is 99.1 Å². The quantitative estimate of drug-likeness (QED) is 0.461. The predicted molar refractivity (Wildman–Crippen MR) is 85.1 cm³/mol. The summed E-state index contributed by atoms with van der Waals surface area (Å²) in [5.41, 5.74) is 1.83. The summed E-state index contributed by atoms with van der Waals surface area (Å²) in [7, 11) is 0. The van der Waals surface area contributed by atoms with Crippen LogP contribution >= 0.6 is 0 Å². The Balaban J connectivity index is 1.87. The summed E-state index contributed by atoms with van der Waals surface area (Å²) in [5.74, 6) is -1.82. The van der Waals surface area contributed by atoms with E-state index in [1.54, 1.807) is 0 Å². The zero-order valence-corrected chi connectivity index (χ0v) is 14.3. The van der Waals surface area contributed by atoms with Crippen molar-refractivity contribution < 1.29 is 33.7 Å². The molecule has 1 aliphatic heterocycles. The zero-order valence-electron chi connectivity index (χ0n) is 14.3. The number of aliphatic hydroxyl groups excluding tert-OH is 1. The van der Waals surface area contributed by atoms with E-state index >= 15 is 0 Å². The molecule has 2 aliphatic carbocycles. The SMILES string of the molecule is C=C1[C@@H](OC(C)=O)C[C@@H](O)C2CCC3=C(COC(C)=O)C(=O)O[C@@H]3[C@@H]12. The molecule has 1 heterocycles. The first kappa shape index (κ1) is 17.7. The highest BCUT2D eigenvalue weighted by Gasteiger charge is 2.52. The molecule has 2 saturated carbocycles. The van der Waals surface area contributed by atoms with Crippen LogP contribution in [0.25, 0.3) is 0 Å². The van der Waals surface area contributed by atoms with Crippen LogP contribution in [-0.2, 0) is 28.6 Å². The molecule has 0 amide bonds. The third-order valence-corrected chi connectivity index (χ3v) is 5.27. The molecule has 136 valence electrons. The van der Waals surface area contributed by atoms with Gasteiger partial charge in [-0.2, -0.15) is 0 Å². The third-order valence-electron chi connectivity index (χ3n) is 5.27. The molecule has 7 heteroatoms. The van der Waals surface area contributed by atoms with Crippen LogP contribution in [0.3, 0.4) is 0 Å². The highest BCUT2D eigenvalue weighted by Crippen LogP contribution is 2.49. The molecule has 0 aromatic heterocycles. The highest BCUT2D eigenvalue weighted by atomic mass is 16.6. The van der Waals surface area contributed by atoms with E-state index in [9.17, 15) is 19.5 Å². The van der Waals surface area contributed by atoms with Crippen LogP contribution in [0, 0.1) is 11.8 Å². The normalized spacial score (nSPS) is 34.1. The van der Waals surface area contributed by atoms with Gasteiger partial charge in [0, 0.05) is 26.2 Å². The van der Waals surface area contributed by atoms with Gasteiger partial charge in [-0.1, -0.05) is 6.58 Å². The van der Waals surface area contributed by atoms with Crippen molar-refractivity contribution in [3.63, 3.8) is 0 Å². The number of hydrogen-bond acceptors (Lipinski definition) is 7. The van der Waals surface area contributed by atoms with Gasteiger partial charge in [-0.15, -0.1) is 0 Å². The van der Waals surface area contributed by atoms with Gasteiger partial charge in [0.25, 0.3) is 0 Å². The van der Waals surface area contributed by atoms with Gasteiger partial charge in [-0.3, -0.25) is 9.59 Å². The fourth-order valence-electron chi connectivity index (χ4n) is 4.18. The Kier molecular flexibility index (Phi) is 4.69. The molecule has 0 aromatic rings. The predicted octanol–water partition coefficient (Wildman–Crippen LogP) is 1.05. The minimum atomic E-state index is -0.655. The van der Waals surface area contributed by atoms with Gasteiger partial charge >= 0.3 is 17.9 Å². The van der Waals surface area contributed by atoms with E-state index in [-0.39, 0.29) is 18.4 Å². The Morgan fingerprint density at radius 3 is 2.68 bits per heavy atom. The van der Waals surface area contributed by atoms with Crippen LogP contribution in [0.5, 0.6) is 0 Å². The lowest BCUT2D eigenvalue weighted by atomic mass is 9.63. The Hall–Kier alpha value is -2.15. The van der Waals surface area contributed by atoms with E-state index in [0.717, 1.165) is 5.57 Å². The van der Waals surface area contributed by atoms with E-state index in [2.05, 4.69) is 6.58 Å². The molecular formula is C18H22O7. The average Bonchev–Trinajstić information content (AvgIpc) is 2.84. The Bertz CT molecular complexity index is 662. The first-order chi connectivity index (χ1) is 11.8. The van der Waals surface area contributed by atoms with E-state index in [1.165, 1.54) is 13.8 Å². The number of ether oxygens (including phenoxy) is 3. The van der Waals surface area contributed by atoms with Crippen molar-refractivity contribution in [1.29, 1.82) is 0 Å². The largest absolute Gasteiger partial charge is 0.461 e. The van der Waals surface area contributed by atoms with Crippen molar-refractivity contribution in [3.8, 4) is 0 Å². The van der Waals surface area contributed by atoms with Gasteiger partial charge in [0.15, 0.2) is 0 Å². The zero-order chi connectivity index (χ0) is 18.3. The molecule has 1 N–H and O–H groups in total. The molecule has 1 unspecified atom stereocenters. The van der Waals surface area contributed by atoms with Gasteiger partial charge in [0.2, 0.25) is 0 Å². The van der Waals surface area contributed by atoms with Gasteiger partial charge in [-0.25, -0.2) is 4.79 Å². The second-order valence-corrected chi connectivity index (χ2v) is 6.81. The smallest absolute Gasteiger partial charge is 0.338 e.